The summed E-state index contributed by atoms with van der Waals surface area (Å²) in [6, 6.07) is 0. The van der Waals surface area contributed by atoms with Gasteiger partial charge < -0.3 is 24.2 Å². The quantitative estimate of drug-likeness (QED) is 0.0197. The molecule has 0 rings (SSSR count). The lowest BCUT2D eigenvalue weighted by Gasteiger charge is -2.21. The third-order valence-corrected chi connectivity index (χ3v) is 13.4. The van der Waals surface area contributed by atoms with Gasteiger partial charge in [-0.2, -0.15) is 0 Å². The molecular weight excluding hydrogens is 1000 g/mol. The number of aliphatic hydroxyl groups is 1. The zero-order valence-corrected chi connectivity index (χ0v) is 50.0. The number of carbonyl (C=O) groups excluding carboxylic acids is 3. The molecule has 0 aromatic rings. The predicted octanol–water partition coefficient (Wildman–Crippen LogP) is 18.4. The molecule has 0 aromatic carbocycles. The largest absolute Gasteiger partial charge is 0.472 e. The molecule has 444 valence electrons. The molecule has 0 heterocycles. The van der Waals surface area contributed by atoms with Crippen molar-refractivity contribution in [3.05, 3.63) is 122 Å². The van der Waals surface area contributed by atoms with E-state index in [-0.39, 0.29) is 19.3 Å². The van der Waals surface area contributed by atoms with E-state index in [2.05, 4.69) is 112 Å². The highest BCUT2D eigenvalue weighted by atomic mass is 31.2. The molecule has 0 fully saturated rings. The lowest BCUT2D eigenvalue weighted by molar-refractivity contribution is -0.161. The van der Waals surface area contributed by atoms with E-state index in [0.29, 0.717) is 25.7 Å². The van der Waals surface area contributed by atoms with E-state index in [4.69, 9.17) is 23.3 Å². The van der Waals surface area contributed by atoms with Crippen molar-refractivity contribution in [1.82, 2.24) is 0 Å². The van der Waals surface area contributed by atoms with Crippen LogP contribution < -0.4 is 0 Å². The molecule has 3 atom stereocenters. The first-order valence-corrected chi connectivity index (χ1v) is 31.9. The smallest absolute Gasteiger partial charge is 0.461 e. The zero-order valence-electron chi connectivity index (χ0n) is 49.1. The number of hydrogen-bond acceptors (Lipinski definition) is 10. The highest BCUT2D eigenvalue weighted by molar-refractivity contribution is 7.47. The molecule has 0 radical (unpaired) electrons. The summed E-state index contributed by atoms with van der Waals surface area (Å²) in [5.74, 6) is -1.68. The monoisotopic (exact) mass is 1110 g/mol. The first-order chi connectivity index (χ1) is 38.2. The number of aliphatic hydroxyl groups excluding tert-OH is 1. The highest BCUT2D eigenvalue weighted by Crippen LogP contribution is 2.43. The van der Waals surface area contributed by atoms with Crippen molar-refractivity contribution in [3.63, 3.8) is 0 Å². The Morgan fingerprint density at radius 2 is 0.705 bits per heavy atom. The van der Waals surface area contributed by atoms with Crippen molar-refractivity contribution >= 4 is 25.7 Å². The van der Waals surface area contributed by atoms with Crippen LogP contribution >= 0.6 is 7.82 Å². The van der Waals surface area contributed by atoms with Gasteiger partial charge in [-0.15, -0.1) is 0 Å². The van der Waals surface area contributed by atoms with E-state index in [1.807, 2.05) is 24.3 Å². The standard InChI is InChI=1S/C66H109O11P/c1-4-7-10-13-16-19-22-25-28-30-31-33-36-39-42-45-48-51-54-57-66(70)77-63(59-73-64(68)55-52-49-46-43-40-37-34-27-24-21-18-15-12-9-6-3)61-75-78(71,72)74-60-62(58-67)76-65(69)56-53-50-47-44-41-38-35-32-29-26-23-20-17-14-11-8-5-2/h8-9,11-12,17-18,20-21,26-27,29,34-35,38,40,43-44,47,49,52,62-63,67H,4-7,10,13-16,19,22-25,28,30-33,36-37,39,41-42,45-46,48,50-51,53-61H2,1-3H3,(H,71,72)/b11-8-,12-9-,20-17-,21-18-,29-26-,34-27-,38-35-,43-40-,47-44-,52-49-. The molecule has 12 heteroatoms. The van der Waals surface area contributed by atoms with Gasteiger partial charge in [0.15, 0.2) is 6.10 Å². The van der Waals surface area contributed by atoms with Crippen molar-refractivity contribution in [2.45, 2.75) is 251 Å². The van der Waals surface area contributed by atoms with Gasteiger partial charge in [-0.3, -0.25) is 23.4 Å². The number of phosphoric ester groups is 1. The average molecular weight is 1110 g/mol. The van der Waals surface area contributed by atoms with Gasteiger partial charge in [0.25, 0.3) is 0 Å². The molecule has 0 aliphatic carbocycles. The molecule has 0 saturated carbocycles. The third kappa shape index (κ3) is 56.6. The van der Waals surface area contributed by atoms with Gasteiger partial charge in [0.1, 0.15) is 12.7 Å². The number of carbonyl (C=O) groups is 3. The second kappa shape index (κ2) is 59.0. The molecule has 2 N–H and O–H groups in total. The van der Waals surface area contributed by atoms with Gasteiger partial charge in [0, 0.05) is 12.8 Å². The SMILES string of the molecule is CC/C=C\C/C=C\C/C=C\C/C=C\C/C=C\CCCC(=O)OC(CO)COP(=O)(O)OCC(COC(=O)C/C=C\C/C=C\C/C=C\C/C=C\C/C=C\CC)OC(=O)CCCCCCCCCCCCCCCCCCCCC. The predicted molar refractivity (Wildman–Crippen MR) is 325 cm³/mol. The van der Waals surface area contributed by atoms with Gasteiger partial charge in [0.05, 0.1) is 26.2 Å². The van der Waals surface area contributed by atoms with Crippen LogP contribution in [0.1, 0.15) is 239 Å². The minimum Gasteiger partial charge on any atom is -0.461 e. The van der Waals surface area contributed by atoms with Crippen molar-refractivity contribution in [2.75, 3.05) is 26.4 Å². The van der Waals surface area contributed by atoms with Crippen molar-refractivity contribution in [3.8, 4) is 0 Å². The van der Waals surface area contributed by atoms with Crippen molar-refractivity contribution in [1.29, 1.82) is 0 Å². The number of phosphoric acid groups is 1. The van der Waals surface area contributed by atoms with Gasteiger partial charge in [0.2, 0.25) is 0 Å². The van der Waals surface area contributed by atoms with E-state index < -0.39 is 64.4 Å². The Bertz CT molecular complexity index is 1770. The molecule has 0 aromatic heterocycles. The molecule has 0 bridgehead atoms. The van der Waals surface area contributed by atoms with E-state index in [9.17, 15) is 28.9 Å². The Morgan fingerprint density at radius 3 is 1.09 bits per heavy atom. The Balaban J connectivity index is 4.84. The summed E-state index contributed by atoms with van der Waals surface area (Å²) in [5, 5.41) is 9.82. The van der Waals surface area contributed by atoms with Crippen LogP contribution in [-0.2, 0) is 42.2 Å². The lowest BCUT2D eigenvalue weighted by Crippen LogP contribution is -2.30. The van der Waals surface area contributed by atoms with Crippen LogP contribution in [-0.4, -0.2) is 66.5 Å². The third-order valence-electron chi connectivity index (χ3n) is 12.4. The number of unbranched alkanes of at least 4 members (excludes halogenated alkanes) is 19. The van der Waals surface area contributed by atoms with Crippen molar-refractivity contribution < 1.29 is 52.2 Å². The minimum absolute atomic E-state index is 0.0132. The van der Waals surface area contributed by atoms with Gasteiger partial charge in [-0.1, -0.05) is 258 Å². The van der Waals surface area contributed by atoms with Crippen LogP contribution in [0.3, 0.4) is 0 Å². The normalized spacial score (nSPS) is 14.2. The Hall–Kier alpha value is -4.12. The maximum absolute atomic E-state index is 12.9. The van der Waals surface area contributed by atoms with Crippen LogP contribution in [0.25, 0.3) is 0 Å². The maximum atomic E-state index is 12.9. The zero-order chi connectivity index (χ0) is 56.9. The topological polar surface area (TPSA) is 155 Å². The van der Waals surface area contributed by atoms with Gasteiger partial charge in [-0.25, -0.2) is 4.57 Å². The van der Waals surface area contributed by atoms with Gasteiger partial charge in [-0.05, 0) is 83.5 Å². The molecular formula is C66H109O11P. The van der Waals surface area contributed by atoms with Crippen LogP contribution in [0.2, 0.25) is 0 Å². The Labute approximate surface area is 475 Å². The number of allylic oxidation sites excluding steroid dienone is 19. The summed E-state index contributed by atoms with van der Waals surface area (Å²) >= 11 is 0. The molecule has 0 amide bonds. The number of esters is 3. The van der Waals surface area contributed by atoms with E-state index in [1.54, 1.807) is 6.08 Å². The summed E-state index contributed by atoms with van der Waals surface area (Å²) in [7, 11) is -4.79. The summed E-state index contributed by atoms with van der Waals surface area (Å²) in [5.41, 5.74) is 0. The molecule has 0 aliphatic rings. The molecule has 0 aliphatic heterocycles. The fourth-order valence-electron chi connectivity index (χ4n) is 7.88. The second-order valence-electron chi connectivity index (χ2n) is 19.8. The van der Waals surface area contributed by atoms with Crippen LogP contribution in [0.15, 0.2) is 122 Å². The second-order valence-corrected chi connectivity index (χ2v) is 21.2. The molecule has 0 saturated heterocycles. The molecule has 11 nitrogen and oxygen atoms in total. The van der Waals surface area contributed by atoms with E-state index >= 15 is 0 Å². The van der Waals surface area contributed by atoms with Crippen LogP contribution in [0.4, 0.5) is 0 Å². The van der Waals surface area contributed by atoms with Crippen LogP contribution in [0.5, 0.6) is 0 Å². The molecule has 0 spiro atoms. The molecule has 3 unspecified atom stereocenters. The average Bonchev–Trinajstić information content (AvgIpc) is 3.43. The summed E-state index contributed by atoms with van der Waals surface area (Å²) in [6.07, 6.45) is 73.4. The number of hydrogen-bond donors (Lipinski definition) is 2. The Morgan fingerprint density at radius 1 is 0.385 bits per heavy atom. The van der Waals surface area contributed by atoms with Crippen molar-refractivity contribution in [2.24, 2.45) is 0 Å². The minimum atomic E-state index is -4.79. The lowest BCUT2D eigenvalue weighted by atomic mass is 10.0. The molecule has 78 heavy (non-hydrogen) atoms. The first-order valence-electron chi connectivity index (χ1n) is 30.4. The van der Waals surface area contributed by atoms with E-state index in [0.717, 1.165) is 77.0 Å². The maximum Gasteiger partial charge on any atom is 0.472 e. The fraction of sp³-hybridized carbons (Fsp3) is 0.652. The summed E-state index contributed by atoms with van der Waals surface area (Å²) in [4.78, 5) is 48.6. The Kier molecular flexibility index (Phi) is 55.9. The summed E-state index contributed by atoms with van der Waals surface area (Å²) < 4.78 is 39.4. The fourth-order valence-corrected chi connectivity index (χ4v) is 8.66. The summed E-state index contributed by atoms with van der Waals surface area (Å²) in [6.45, 7) is 4.26. The van der Waals surface area contributed by atoms with Gasteiger partial charge >= 0.3 is 25.7 Å². The highest BCUT2D eigenvalue weighted by Gasteiger charge is 2.28. The number of ether oxygens (including phenoxy) is 3. The van der Waals surface area contributed by atoms with E-state index in [1.165, 1.54) is 96.3 Å². The first kappa shape index (κ1) is 73.9. The number of rotatable bonds is 55. The van der Waals surface area contributed by atoms with Crippen LogP contribution in [0, 0.1) is 0 Å².